The summed E-state index contributed by atoms with van der Waals surface area (Å²) in [6.45, 7) is 1.99. The minimum Gasteiger partial charge on any atom is -0.331 e. The predicted molar refractivity (Wildman–Crippen MR) is 106 cm³/mol. The largest absolute Gasteiger partial charge is 0.331 e. The van der Waals surface area contributed by atoms with Crippen molar-refractivity contribution in [3.8, 4) is 0 Å². The Balaban J connectivity index is 1.59. The molecule has 0 aliphatic heterocycles. The van der Waals surface area contributed by atoms with E-state index in [4.69, 9.17) is 0 Å². The topological polar surface area (TPSA) is 75.3 Å². The van der Waals surface area contributed by atoms with Crippen LogP contribution >= 0.6 is 0 Å². The molecule has 5 heteroatoms. The summed E-state index contributed by atoms with van der Waals surface area (Å²) >= 11 is 0. The number of Topliss-reactive ketones (excluding diaryl/α,β-unsaturated/α-hetero) is 1. The van der Waals surface area contributed by atoms with Crippen LogP contribution in [0.25, 0.3) is 0 Å². The van der Waals surface area contributed by atoms with Gasteiger partial charge in [-0.05, 0) is 67.2 Å². The SMILES string of the molecule is CCCCCC(C=O)C(=O)CNC(=O)Nc1c2c(cc3c1CCC3)CCC2. The second-order valence-electron chi connectivity index (χ2n) is 7.75. The molecule has 0 aromatic heterocycles. The molecule has 27 heavy (non-hydrogen) atoms. The van der Waals surface area contributed by atoms with Gasteiger partial charge >= 0.3 is 6.03 Å². The minimum absolute atomic E-state index is 0.0986. The summed E-state index contributed by atoms with van der Waals surface area (Å²) in [4.78, 5) is 35.8. The number of amides is 2. The van der Waals surface area contributed by atoms with Crippen LogP contribution in [0.1, 0.15) is 67.7 Å². The van der Waals surface area contributed by atoms with Crippen LogP contribution < -0.4 is 10.6 Å². The van der Waals surface area contributed by atoms with Crippen LogP contribution in [-0.4, -0.2) is 24.6 Å². The number of aryl methyl sites for hydroxylation is 2. The maximum absolute atomic E-state index is 12.4. The molecule has 0 saturated heterocycles. The van der Waals surface area contributed by atoms with Crippen molar-refractivity contribution in [2.24, 2.45) is 5.92 Å². The summed E-state index contributed by atoms with van der Waals surface area (Å²) in [5, 5.41) is 5.68. The van der Waals surface area contributed by atoms with Crippen LogP contribution in [0, 0.1) is 5.92 Å². The van der Waals surface area contributed by atoms with Crippen LogP contribution in [0.2, 0.25) is 0 Å². The van der Waals surface area contributed by atoms with E-state index in [0.717, 1.165) is 63.5 Å². The standard InChI is InChI=1S/C22H30N2O3/c1-2-3-4-7-17(14-25)20(26)13-23-22(27)24-21-18-10-5-8-15(18)12-16-9-6-11-19(16)21/h12,14,17H,2-11,13H2,1H3,(H2,23,24,27). The van der Waals surface area contributed by atoms with E-state index in [1.165, 1.54) is 22.3 Å². The van der Waals surface area contributed by atoms with E-state index in [9.17, 15) is 14.4 Å². The van der Waals surface area contributed by atoms with Crippen molar-refractivity contribution in [3.05, 3.63) is 28.3 Å². The highest BCUT2D eigenvalue weighted by Crippen LogP contribution is 2.38. The number of benzene rings is 1. The maximum Gasteiger partial charge on any atom is 0.319 e. The Morgan fingerprint density at radius 2 is 1.74 bits per heavy atom. The van der Waals surface area contributed by atoms with E-state index < -0.39 is 5.92 Å². The van der Waals surface area contributed by atoms with Gasteiger partial charge < -0.3 is 15.4 Å². The average Bonchev–Trinajstić information content (AvgIpc) is 3.32. The van der Waals surface area contributed by atoms with E-state index in [1.807, 2.05) is 0 Å². The lowest BCUT2D eigenvalue weighted by atomic mass is 9.98. The zero-order valence-corrected chi connectivity index (χ0v) is 16.2. The van der Waals surface area contributed by atoms with Gasteiger partial charge in [0.25, 0.3) is 0 Å². The summed E-state index contributed by atoms with van der Waals surface area (Å²) in [7, 11) is 0. The van der Waals surface area contributed by atoms with Crippen LogP contribution in [0.3, 0.4) is 0 Å². The minimum atomic E-state index is -0.609. The third kappa shape index (κ3) is 4.57. The monoisotopic (exact) mass is 370 g/mol. The Bertz CT molecular complexity index is 695. The smallest absolute Gasteiger partial charge is 0.319 e. The first-order chi connectivity index (χ1) is 13.1. The van der Waals surface area contributed by atoms with Gasteiger partial charge in [0.1, 0.15) is 6.29 Å². The molecule has 1 aromatic carbocycles. The molecule has 2 aliphatic carbocycles. The van der Waals surface area contributed by atoms with Gasteiger partial charge in [-0.15, -0.1) is 0 Å². The van der Waals surface area contributed by atoms with Gasteiger partial charge in [-0.2, -0.15) is 0 Å². The number of hydrogen-bond acceptors (Lipinski definition) is 3. The molecule has 3 rings (SSSR count). The van der Waals surface area contributed by atoms with E-state index in [-0.39, 0.29) is 18.4 Å². The summed E-state index contributed by atoms with van der Waals surface area (Å²) in [6.07, 6.45) is 10.6. The van der Waals surface area contributed by atoms with E-state index in [1.54, 1.807) is 0 Å². The van der Waals surface area contributed by atoms with Crippen molar-refractivity contribution in [2.75, 3.05) is 11.9 Å². The van der Waals surface area contributed by atoms with Crippen molar-refractivity contribution in [2.45, 2.75) is 71.1 Å². The average molecular weight is 370 g/mol. The molecule has 0 fully saturated rings. The molecule has 2 amide bonds. The molecule has 0 heterocycles. The first kappa shape index (κ1) is 19.6. The fourth-order valence-electron chi connectivity index (χ4n) is 4.34. The highest BCUT2D eigenvalue weighted by Gasteiger charge is 2.25. The Morgan fingerprint density at radius 3 is 2.33 bits per heavy atom. The zero-order chi connectivity index (χ0) is 19.2. The summed E-state index contributed by atoms with van der Waals surface area (Å²) in [5.74, 6) is -0.818. The Labute approximate surface area is 161 Å². The Hall–Kier alpha value is -2.17. The highest BCUT2D eigenvalue weighted by atomic mass is 16.2. The third-order valence-electron chi connectivity index (χ3n) is 5.83. The molecule has 1 unspecified atom stereocenters. The lowest BCUT2D eigenvalue weighted by molar-refractivity contribution is -0.126. The van der Waals surface area contributed by atoms with Gasteiger partial charge in [-0.1, -0.05) is 32.3 Å². The lowest BCUT2D eigenvalue weighted by Gasteiger charge is -2.17. The number of carbonyl (C=O) groups is 3. The van der Waals surface area contributed by atoms with Crippen LogP contribution in [-0.2, 0) is 35.3 Å². The number of urea groups is 1. The second-order valence-corrected chi connectivity index (χ2v) is 7.75. The normalized spacial score (nSPS) is 15.7. The van der Waals surface area contributed by atoms with Gasteiger partial charge in [0, 0.05) is 5.69 Å². The molecule has 0 spiro atoms. The summed E-state index contributed by atoms with van der Waals surface area (Å²) < 4.78 is 0. The van der Waals surface area contributed by atoms with Crippen molar-refractivity contribution in [3.63, 3.8) is 0 Å². The molecule has 5 nitrogen and oxygen atoms in total. The third-order valence-corrected chi connectivity index (χ3v) is 5.83. The number of nitrogens with one attached hydrogen (secondary N) is 2. The fraction of sp³-hybridized carbons (Fsp3) is 0.591. The first-order valence-electron chi connectivity index (χ1n) is 10.3. The fourth-order valence-corrected chi connectivity index (χ4v) is 4.34. The molecule has 1 aromatic rings. The van der Waals surface area contributed by atoms with E-state index >= 15 is 0 Å². The highest BCUT2D eigenvalue weighted by molar-refractivity contribution is 5.98. The van der Waals surface area contributed by atoms with Crippen molar-refractivity contribution < 1.29 is 14.4 Å². The van der Waals surface area contributed by atoms with Crippen LogP contribution in [0.5, 0.6) is 0 Å². The molecule has 2 aliphatic rings. The van der Waals surface area contributed by atoms with Crippen molar-refractivity contribution in [1.82, 2.24) is 5.32 Å². The predicted octanol–water partition coefficient (Wildman–Crippen LogP) is 3.75. The molecule has 146 valence electrons. The molecular weight excluding hydrogens is 340 g/mol. The van der Waals surface area contributed by atoms with Gasteiger partial charge in [-0.25, -0.2) is 4.79 Å². The van der Waals surface area contributed by atoms with Crippen LogP contribution in [0.4, 0.5) is 10.5 Å². The Morgan fingerprint density at radius 1 is 1.07 bits per heavy atom. The molecule has 0 saturated carbocycles. The van der Waals surface area contributed by atoms with Gasteiger partial charge in [0.15, 0.2) is 5.78 Å². The zero-order valence-electron chi connectivity index (χ0n) is 16.2. The first-order valence-corrected chi connectivity index (χ1v) is 10.3. The van der Waals surface area contributed by atoms with E-state index in [0.29, 0.717) is 12.7 Å². The molecule has 0 radical (unpaired) electrons. The number of ketones is 1. The maximum atomic E-state index is 12.4. The number of aldehydes is 1. The number of unbranched alkanes of at least 4 members (excludes halogenated alkanes) is 2. The molecule has 1 atom stereocenters. The molecular formula is C22H30N2O3. The number of fused-ring (bicyclic) bond motifs is 2. The quantitative estimate of drug-likeness (QED) is 0.395. The summed E-state index contributed by atoms with van der Waals surface area (Å²) in [5.41, 5.74) is 6.22. The lowest BCUT2D eigenvalue weighted by Crippen LogP contribution is -2.36. The van der Waals surface area contributed by atoms with Crippen molar-refractivity contribution in [1.29, 1.82) is 0 Å². The summed E-state index contributed by atoms with van der Waals surface area (Å²) in [6, 6.07) is 1.97. The number of rotatable bonds is 9. The van der Waals surface area contributed by atoms with Gasteiger partial charge in [0.05, 0.1) is 12.5 Å². The Kier molecular flexibility index (Phi) is 6.64. The van der Waals surface area contributed by atoms with E-state index in [2.05, 4.69) is 23.6 Å². The van der Waals surface area contributed by atoms with Crippen LogP contribution in [0.15, 0.2) is 6.07 Å². The molecule has 0 bridgehead atoms. The van der Waals surface area contributed by atoms with Gasteiger partial charge in [-0.3, -0.25) is 4.79 Å². The van der Waals surface area contributed by atoms with Crippen molar-refractivity contribution >= 4 is 23.8 Å². The second kappa shape index (κ2) is 9.16. The van der Waals surface area contributed by atoms with Gasteiger partial charge in [0.2, 0.25) is 0 Å². The molecule has 2 N–H and O–H groups in total. The number of carbonyl (C=O) groups excluding carboxylic acids is 3. The number of anilines is 1. The number of hydrogen-bond donors (Lipinski definition) is 2.